The van der Waals surface area contributed by atoms with Crippen molar-refractivity contribution in [3.8, 4) is 0 Å². The molecule has 0 spiro atoms. The highest BCUT2D eigenvalue weighted by atomic mass is 16.2. The van der Waals surface area contributed by atoms with E-state index >= 15 is 0 Å². The summed E-state index contributed by atoms with van der Waals surface area (Å²) in [4.78, 5) is 14.4. The summed E-state index contributed by atoms with van der Waals surface area (Å²) in [6, 6.07) is 16.8. The predicted molar refractivity (Wildman–Crippen MR) is 92.0 cm³/mol. The molecule has 0 aliphatic rings. The number of anilines is 2. The predicted octanol–water partition coefficient (Wildman–Crippen LogP) is 3.17. The SMILES string of the molecule is CC(C)N(C)c1cccc(NC(=O)C(N)c2ccccc2)c1. The third-order valence-electron chi connectivity index (χ3n) is 3.74. The van der Waals surface area contributed by atoms with Crippen LogP contribution in [0.25, 0.3) is 0 Å². The van der Waals surface area contributed by atoms with Gasteiger partial charge in [0.25, 0.3) is 0 Å². The van der Waals surface area contributed by atoms with E-state index in [-0.39, 0.29) is 5.91 Å². The Morgan fingerprint density at radius 1 is 1.09 bits per heavy atom. The normalized spacial score (nSPS) is 12.0. The van der Waals surface area contributed by atoms with Crippen molar-refractivity contribution in [3.63, 3.8) is 0 Å². The molecule has 0 heterocycles. The Hall–Kier alpha value is -2.33. The first-order valence-electron chi connectivity index (χ1n) is 7.43. The molecule has 0 aromatic heterocycles. The Balaban J connectivity index is 2.10. The van der Waals surface area contributed by atoms with Crippen molar-refractivity contribution in [1.29, 1.82) is 0 Å². The molecule has 0 saturated carbocycles. The lowest BCUT2D eigenvalue weighted by Gasteiger charge is -2.24. The summed E-state index contributed by atoms with van der Waals surface area (Å²) in [5.74, 6) is -0.212. The van der Waals surface area contributed by atoms with Crippen LogP contribution in [0, 0.1) is 0 Å². The molecular formula is C18H23N3O. The van der Waals surface area contributed by atoms with Gasteiger partial charge in [0.1, 0.15) is 6.04 Å². The first-order chi connectivity index (χ1) is 10.5. The number of hydrogen-bond donors (Lipinski definition) is 2. The summed E-state index contributed by atoms with van der Waals surface area (Å²) >= 11 is 0. The number of benzene rings is 2. The summed E-state index contributed by atoms with van der Waals surface area (Å²) in [6.07, 6.45) is 0. The summed E-state index contributed by atoms with van der Waals surface area (Å²) in [6.45, 7) is 4.24. The van der Waals surface area contributed by atoms with Gasteiger partial charge >= 0.3 is 0 Å². The Morgan fingerprint density at radius 3 is 2.41 bits per heavy atom. The zero-order valence-electron chi connectivity index (χ0n) is 13.3. The average molecular weight is 297 g/mol. The van der Waals surface area contributed by atoms with Gasteiger partial charge in [0.05, 0.1) is 0 Å². The van der Waals surface area contributed by atoms with E-state index in [9.17, 15) is 4.79 Å². The zero-order chi connectivity index (χ0) is 16.1. The van der Waals surface area contributed by atoms with Gasteiger partial charge in [-0.2, -0.15) is 0 Å². The molecular weight excluding hydrogens is 274 g/mol. The molecule has 2 rings (SSSR count). The number of amides is 1. The van der Waals surface area contributed by atoms with E-state index in [0.29, 0.717) is 6.04 Å². The molecule has 0 aliphatic heterocycles. The second kappa shape index (κ2) is 7.09. The highest BCUT2D eigenvalue weighted by molar-refractivity contribution is 5.95. The van der Waals surface area contributed by atoms with E-state index in [1.807, 2.05) is 61.6 Å². The molecule has 0 fully saturated rings. The molecule has 4 heteroatoms. The third kappa shape index (κ3) is 3.86. The molecule has 2 aromatic rings. The van der Waals surface area contributed by atoms with E-state index < -0.39 is 6.04 Å². The standard InChI is InChI=1S/C18H23N3O/c1-13(2)21(3)16-11-7-10-15(12-16)20-18(22)17(19)14-8-5-4-6-9-14/h4-13,17H,19H2,1-3H3,(H,20,22). The minimum atomic E-state index is -0.673. The summed E-state index contributed by atoms with van der Waals surface area (Å²) in [5, 5.41) is 2.88. The highest BCUT2D eigenvalue weighted by Gasteiger charge is 2.16. The van der Waals surface area contributed by atoms with Gasteiger partial charge < -0.3 is 16.0 Å². The maximum atomic E-state index is 12.3. The molecule has 1 atom stereocenters. The zero-order valence-corrected chi connectivity index (χ0v) is 13.3. The first kappa shape index (κ1) is 16.0. The molecule has 1 amide bonds. The molecule has 0 bridgehead atoms. The van der Waals surface area contributed by atoms with Gasteiger partial charge in [-0.15, -0.1) is 0 Å². The van der Waals surface area contributed by atoms with Crippen LogP contribution in [0.2, 0.25) is 0 Å². The van der Waals surface area contributed by atoms with E-state index in [1.54, 1.807) is 0 Å². The molecule has 0 aliphatic carbocycles. The highest BCUT2D eigenvalue weighted by Crippen LogP contribution is 2.21. The molecule has 22 heavy (non-hydrogen) atoms. The Kier molecular flexibility index (Phi) is 5.17. The lowest BCUT2D eigenvalue weighted by atomic mass is 10.1. The Labute approximate surface area is 131 Å². The number of hydrogen-bond acceptors (Lipinski definition) is 3. The minimum Gasteiger partial charge on any atom is -0.372 e. The van der Waals surface area contributed by atoms with Gasteiger partial charge in [-0.1, -0.05) is 36.4 Å². The molecule has 116 valence electrons. The molecule has 0 radical (unpaired) electrons. The first-order valence-corrected chi connectivity index (χ1v) is 7.43. The fourth-order valence-electron chi connectivity index (χ4n) is 2.13. The topological polar surface area (TPSA) is 58.4 Å². The maximum absolute atomic E-state index is 12.3. The minimum absolute atomic E-state index is 0.212. The van der Waals surface area contributed by atoms with Gasteiger partial charge in [0.15, 0.2) is 0 Å². The molecule has 0 saturated heterocycles. The number of nitrogens with zero attached hydrogens (tertiary/aromatic N) is 1. The van der Waals surface area contributed by atoms with Crippen LogP contribution < -0.4 is 16.0 Å². The number of carbonyl (C=O) groups is 1. The van der Waals surface area contributed by atoms with Crippen molar-refractivity contribution in [2.75, 3.05) is 17.3 Å². The second-order valence-corrected chi connectivity index (χ2v) is 5.63. The van der Waals surface area contributed by atoms with Crippen LogP contribution in [0.4, 0.5) is 11.4 Å². The summed E-state index contributed by atoms with van der Waals surface area (Å²) in [5.41, 5.74) is 8.62. The summed E-state index contributed by atoms with van der Waals surface area (Å²) in [7, 11) is 2.03. The van der Waals surface area contributed by atoms with Gasteiger partial charge in [0, 0.05) is 24.5 Å². The van der Waals surface area contributed by atoms with Gasteiger partial charge in [0.2, 0.25) is 5.91 Å². The lowest BCUT2D eigenvalue weighted by Crippen LogP contribution is -2.28. The smallest absolute Gasteiger partial charge is 0.245 e. The van der Waals surface area contributed by atoms with E-state index in [0.717, 1.165) is 16.9 Å². The molecule has 3 N–H and O–H groups in total. The van der Waals surface area contributed by atoms with Crippen LogP contribution >= 0.6 is 0 Å². The fraction of sp³-hybridized carbons (Fsp3) is 0.278. The van der Waals surface area contributed by atoms with Gasteiger partial charge in [-0.05, 0) is 37.6 Å². The van der Waals surface area contributed by atoms with Crippen LogP contribution in [0.15, 0.2) is 54.6 Å². The lowest BCUT2D eigenvalue weighted by molar-refractivity contribution is -0.117. The Bertz CT molecular complexity index is 625. The van der Waals surface area contributed by atoms with Crippen molar-refractivity contribution in [2.24, 2.45) is 5.73 Å². The number of rotatable bonds is 5. The van der Waals surface area contributed by atoms with Crippen molar-refractivity contribution < 1.29 is 4.79 Å². The maximum Gasteiger partial charge on any atom is 0.245 e. The number of nitrogens with one attached hydrogen (secondary N) is 1. The largest absolute Gasteiger partial charge is 0.372 e. The van der Waals surface area contributed by atoms with Crippen molar-refractivity contribution >= 4 is 17.3 Å². The van der Waals surface area contributed by atoms with E-state index in [1.165, 1.54) is 0 Å². The quantitative estimate of drug-likeness (QED) is 0.891. The van der Waals surface area contributed by atoms with Crippen LogP contribution in [0.1, 0.15) is 25.5 Å². The summed E-state index contributed by atoms with van der Waals surface area (Å²) < 4.78 is 0. The average Bonchev–Trinajstić information content (AvgIpc) is 2.54. The third-order valence-corrected chi connectivity index (χ3v) is 3.74. The fourth-order valence-corrected chi connectivity index (χ4v) is 2.13. The van der Waals surface area contributed by atoms with Crippen LogP contribution in [0.3, 0.4) is 0 Å². The Morgan fingerprint density at radius 2 is 1.77 bits per heavy atom. The molecule has 1 unspecified atom stereocenters. The van der Waals surface area contributed by atoms with Crippen LogP contribution in [-0.2, 0) is 4.79 Å². The monoisotopic (exact) mass is 297 g/mol. The second-order valence-electron chi connectivity index (χ2n) is 5.63. The van der Waals surface area contributed by atoms with E-state index in [2.05, 4.69) is 24.1 Å². The van der Waals surface area contributed by atoms with E-state index in [4.69, 9.17) is 5.73 Å². The number of carbonyl (C=O) groups excluding carboxylic acids is 1. The van der Waals surface area contributed by atoms with Crippen molar-refractivity contribution in [3.05, 3.63) is 60.2 Å². The van der Waals surface area contributed by atoms with Crippen molar-refractivity contribution in [1.82, 2.24) is 0 Å². The van der Waals surface area contributed by atoms with Crippen molar-refractivity contribution in [2.45, 2.75) is 25.9 Å². The number of nitrogens with two attached hydrogens (primary N) is 1. The van der Waals surface area contributed by atoms with Gasteiger partial charge in [-0.25, -0.2) is 0 Å². The van der Waals surface area contributed by atoms with Crippen LogP contribution in [-0.4, -0.2) is 19.0 Å². The molecule has 2 aromatic carbocycles. The molecule has 4 nitrogen and oxygen atoms in total. The van der Waals surface area contributed by atoms with Gasteiger partial charge in [-0.3, -0.25) is 4.79 Å². The van der Waals surface area contributed by atoms with Crippen LogP contribution in [0.5, 0.6) is 0 Å².